The van der Waals surface area contributed by atoms with Gasteiger partial charge in [-0.1, -0.05) is 36.8 Å². The van der Waals surface area contributed by atoms with E-state index in [-0.39, 0.29) is 6.03 Å². The van der Waals surface area contributed by atoms with E-state index in [1.54, 1.807) is 0 Å². The maximum atomic E-state index is 12.8. The number of nitrogens with one attached hydrogen (secondary N) is 1. The van der Waals surface area contributed by atoms with Gasteiger partial charge in [-0.25, -0.2) is 4.79 Å². The Morgan fingerprint density at radius 2 is 1.84 bits per heavy atom. The van der Waals surface area contributed by atoms with Crippen LogP contribution in [0.5, 0.6) is 0 Å². The maximum Gasteiger partial charge on any atom is 0.317 e. The summed E-state index contributed by atoms with van der Waals surface area (Å²) in [7, 11) is 0. The predicted octanol–water partition coefficient (Wildman–Crippen LogP) is 2.86. The monoisotopic (exact) mass is 345 g/mol. The Balaban J connectivity index is 1.55. The van der Waals surface area contributed by atoms with Gasteiger partial charge in [0.25, 0.3) is 0 Å². The molecule has 0 bridgehead atoms. The molecule has 0 aliphatic carbocycles. The molecule has 1 aromatic rings. The number of amides is 2. The minimum Gasteiger partial charge on any atom is -0.381 e. The quantitative estimate of drug-likeness (QED) is 0.862. The molecule has 2 amide bonds. The molecule has 2 saturated heterocycles. The highest BCUT2D eigenvalue weighted by atomic mass is 16.5. The fourth-order valence-corrected chi connectivity index (χ4v) is 3.75. The molecule has 2 heterocycles. The molecule has 0 saturated carbocycles. The van der Waals surface area contributed by atoms with E-state index >= 15 is 0 Å². The first kappa shape index (κ1) is 18.2. The molecule has 0 aromatic heterocycles. The summed E-state index contributed by atoms with van der Waals surface area (Å²) in [5, 5.41) is 3.11. The van der Waals surface area contributed by atoms with Crippen LogP contribution in [0.4, 0.5) is 4.79 Å². The number of likely N-dealkylation sites (tertiary alicyclic amines) is 1. The van der Waals surface area contributed by atoms with Crippen LogP contribution in [0, 0.1) is 0 Å². The Hall–Kier alpha value is -1.59. The van der Waals surface area contributed by atoms with Crippen molar-refractivity contribution < 1.29 is 9.53 Å². The van der Waals surface area contributed by atoms with Gasteiger partial charge in [-0.05, 0) is 44.3 Å². The molecule has 5 heteroatoms. The van der Waals surface area contributed by atoms with E-state index in [1.165, 1.54) is 32.4 Å². The number of hydrogen-bond acceptors (Lipinski definition) is 3. The van der Waals surface area contributed by atoms with E-state index in [9.17, 15) is 4.79 Å². The molecule has 0 radical (unpaired) electrons. The summed E-state index contributed by atoms with van der Waals surface area (Å²) in [5.74, 6) is 0. The molecule has 138 valence electrons. The molecule has 25 heavy (non-hydrogen) atoms. The van der Waals surface area contributed by atoms with Crippen molar-refractivity contribution in [2.45, 2.75) is 44.7 Å². The second kappa shape index (κ2) is 9.78. The number of urea groups is 1. The SMILES string of the molecule is O=C(NCc1ccccc1)N(CCN1CCCCC1)C1CCOCC1. The van der Waals surface area contributed by atoms with Crippen molar-refractivity contribution in [3.05, 3.63) is 35.9 Å². The van der Waals surface area contributed by atoms with Gasteiger partial charge < -0.3 is 19.9 Å². The Morgan fingerprint density at radius 1 is 1.12 bits per heavy atom. The number of piperidine rings is 1. The van der Waals surface area contributed by atoms with Crippen molar-refractivity contribution in [2.75, 3.05) is 39.4 Å². The summed E-state index contributed by atoms with van der Waals surface area (Å²) in [6, 6.07) is 10.5. The lowest BCUT2D eigenvalue weighted by Crippen LogP contribution is -2.51. The normalized spacial score (nSPS) is 19.5. The van der Waals surface area contributed by atoms with Gasteiger partial charge in [0.1, 0.15) is 0 Å². The lowest BCUT2D eigenvalue weighted by Gasteiger charge is -2.36. The molecule has 1 aromatic carbocycles. The summed E-state index contributed by atoms with van der Waals surface area (Å²) < 4.78 is 5.48. The molecule has 0 unspecified atom stereocenters. The average Bonchev–Trinajstić information content (AvgIpc) is 2.69. The van der Waals surface area contributed by atoms with Crippen LogP contribution in [0.2, 0.25) is 0 Å². The highest BCUT2D eigenvalue weighted by Crippen LogP contribution is 2.16. The second-order valence-corrected chi connectivity index (χ2v) is 7.08. The van der Waals surface area contributed by atoms with E-state index in [0.717, 1.165) is 44.7 Å². The Morgan fingerprint density at radius 3 is 2.56 bits per heavy atom. The van der Waals surface area contributed by atoms with Crippen LogP contribution in [0.25, 0.3) is 0 Å². The molecule has 5 nitrogen and oxygen atoms in total. The van der Waals surface area contributed by atoms with Gasteiger partial charge in [-0.2, -0.15) is 0 Å². The molecule has 2 aliphatic rings. The lowest BCUT2D eigenvalue weighted by atomic mass is 10.1. The first-order chi connectivity index (χ1) is 12.3. The molecule has 3 rings (SSSR count). The lowest BCUT2D eigenvalue weighted by molar-refractivity contribution is 0.0423. The maximum absolute atomic E-state index is 12.8. The van der Waals surface area contributed by atoms with Crippen molar-refractivity contribution >= 4 is 6.03 Å². The van der Waals surface area contributed by atoms with Crippen LogP contribution < -0.4 is 5.32 Å². The first-order valence-electron chi connectivity index (χ1n) is 9.71. The van der Waals surface area contributed by atoms with Crippen molar-refractivity contribution in [2.24, 2.45) is 0 Å². The summed E-state index contributed by atoms with van der Waals surface area (Å²) in [4.78, 5) is 17.4. The van der Waals surface area contributed by atoms with Gasteiger partial charge in [0, 0.05) is 38.9 Å². The van der Waals surface area contributed by atoms with Gasteiger partial charge >= 0.3 is 6.03 Å². The van der Waals surface area contributed by atoms with E-state index in [2.05, 4.69) is 15.1 Å². The third kappa shape index (κ3) is 5.72. The summed E-state index contributed by atoms with van der Waals surface area (Å²) >= 11 is 0. The van der Waals surface area contributed by atoms with Crippen molar-refractivity contribution in [3.63, 3.8) is 0 Å². The van der Waals surface area contributed by atoms with Crippen LogP contribution in [-0.4, -0.2) is 61.3 Å². The van der Waals surface area contributed by atoms with Gasteiger partial charge in [0.15, 0.2) is 0 Å². The third-order valence-corrected chi connectivity index (χ3v) is 5.28. The number of carbonyl (C=O) groups is 1. The van der Waals surface area contributed by atoms with Gasteiger partial charge in [-0.15, -0.1) is 0 Å². The van der Waals surface area contributed by atoms with Crippen molar-refractivity contribution in [3.8, 4) is 0 Å². The average molecular weight is 345 g/mol. The van der Waals surface area contributed by atoms with Crippen LogP contribution in [0.1, 0.15) is 37.7 Å². The summed E-state index contributed by atoms with van der Waals surface area (Å²) in [5.41, 5.74) is 1.14. The second-order valence-electron chi connectivity index (χ2n) is 7.08. The Labute approximate surface area is 151 Å². The third-order valence-electron chi connectivity index (χ3n) is 5.28. The molecule has 1 N–H and O–H groups in total. The Kier molecular flexibility index (Phi) is 7.12. The highest BCUT2D eigenvalue weighted by molar-refractivity contribution is 5.74. The number of rotatable bonds is 6. The zero-order valence-corrected chi connectivity index (χ0v) is 15.2. The van der Waals surface area contributed by atoms with E-state index < -0.39 is 0 Å². The zero-order valence-electron chi connectivity index (χ0n) is 15.2. The molecule has 2 fully saturated rings. The van der Waals surface area contributed by atoms with Crippen LogP contribution in [0.15, 0.2) is 30.3 Å². The molecule has 2 aliphatic heterocycles. The zero-order chi connectivity index (χ0) is 17.3. The molecular weight excluding hydrogens is 314 g/mol. The fraction of sp³-hybridized carbons (Fsp3) is 0.650. The topological polar surface area (TPSA) is 44.8 Å². The summed E-state index contributed by atoms with van der Waals surface area (Å²) in [6.07, 6.45) is 5.81. The van der Waals surface area contributed by atoms with Crippen molar-refractivity contribution in [1.82, 2.24) is 15.1 Å². The van der Waals surface area contributed by atoms with E-state index in [4.69, 9.17) is 4.74 Å². The van der Waals surface area contributed by atoms with Crippen LogP contribution >= 0.6 is 0 Å². The number of hydrogen-bond donors (Lipinski definition) is 1. The smallest absolute Gasteiger partial charge is 0.317 e. The number of nitrogens with zero attached hydrogens (tertiary/aromatic N) is 2. The van der Waals surface area contributed by atoms with Crippen LogP contribution in [0.3, 0.4) is 0 Å². The number of carbonyl (C=O) groups excluding carboxylic acids is 1. The van der Waals surface area contributed by atoms with Crippen LogP contribution in [-0.2, 0) is 11.3 Å². The molecule has 0 spiro atoms. The molecular formula is C20H31N3O2. The minimum atomic E-state index is 0.0627. The predicted molar refractivity (Wildman–Crippen MR) is 99.5 cm³/mol. The number of ether oxygens (including phenoxy) is 1. The largest absolute Gasteiger partial charge is 0.381 e. The van der Waals surface area contributed by atoms with Crippen molar-refractivity contribution in [1.29, 1.82) is 0 Å². The first-order valence-corrected chi connectivity index (χ1v) is 9.71. The van der Waals surface area contributed by atoms with Gasteiger partial charge in [0.05, 0.1) is 0 Å². The standard InChI is InChI=1S/C20H31N3O2/c24-20(21-17-18-7-3-1-4-8-18)23(19-9-15-25-16-10-19)14-13-22-11-5-2-6-12-22/h1,3-4,7-8,19H,2,5-6,9-17H2,(H,21,24). The number of benzene rings is 1. The molecule has 0 atom stereocenters. The van der Waals surface area contributed by atoms with Gasteiger partial charge in [0.2, 0.25) is 0 Å². The highest BCUT2D eigenvalue weighted by Gasteiger charge is 2.26. The van der Waals surface area contributed by atoms with Gasteiger partial charge in [-0.3, -0.25) is 0 Å². The van der Waals surface area contributed by atoms with E-state index in [1.807, 2.05) is 30.3 Å². The Bertz CT molecular complexity index is 511. The summed E-state index contributed by atoms with van der Waals surface area (Å²) in [6.45, 7) is 6.25. The van der Waals surface area contributed by atoms with E-state index in [0.29, 0.717) is 12.6 Å². The minimum absolute atomic E-state index is 0.0627. The fourth-order valence-electron chi connectivity index (χ4n) is 3.75.